The van der Waals surface area contributed by atoms with Gasteiger partial charge in [0.2, 0.25) is 10.0 Å². The molecule has 0 N–H and O–H groups in total. The molecule has 2 aromatic rings. The fourth-order valence-electron chi connectivity index (χ4n) is 1.86. The number of ether oxygens (including phenoxy) is 2. The van der Waals surface area contributed by atoms with E-state index in [1.54, 1.807) is 12.1 Å². The van der Waals surface area contributed by atoms with Crippen LogP contribution in [0.4, 0.5) is 4.39 Å². The van der Waals surface area contributed by atoms with Crippen molar-refractivity contribution in [3.8, 4) is 11.5 Å². The van der Waals surface area contributed by atoms with Gasteiger partial charge < -0.3 is 9.47 Å². The van der Waals surface area contributed by atoms with E-state index in [0.29, 0.717) is 5.75 Å². The number of methoxy groups -OCH3 is 1. The molecule has 0 heterocycles. The first-order chi connectivity index (χ1) is 11.3. The zero-order valence-corrected chi connectivity index (χ0v) is 13.9. The van der Waals surface area contributed by atoms with Crippen LogP contribution in [-0.4, -0.2) is 39.4 Å². The first-order valence-corrected chi connectivity index (χ1v) is 8.33. The minimum absolute atomic E-state index is 0.108. The zero-order chi connectivity index (χ0) is 17.7. The van der Waals surface area contributed by atoms with E-state index >= 15 is 0 Å². The van der Waals surface area contributed by atoms with Gasteiger partial charge in [0.25, 0.3) is 0 Å². The molecule has 6 nitrogen and oxygen atoms in total. The molecule has 0 radical (unpaired) electrons. The van der Waals surface area contributed by atoms with E-state index in [1.807, 2.05) is 0 Å². The molecule has 2 rings (SSSR count). The molecule has 0 saturated carbocycles. The van der Waals surface area contributed by atoms with Gasteiger partial charge in [0, 0.05) is 7.05 Å². The van der Waals surface area contributed by atoms with E-state index in [0.717, 1.165) is 28.6 Å². The van der Waals surface area contributed by atoms with Gasteiger partial charge in [-0.3, -0.25) is 4.79 Å². The molecule has 0 aromatic heterocycles. The highest BCUT2D eigenvalue weighted by molar-refractivity contribution is 7.89. The third kappa shape index (κ3) is 4.30. The molecule has 8 heteroatoms. The number of nitrogens with zero attached hydrogens (tertiary/aromatic N) is 1. The van der Waals surface area contributed by atoms with E-state index in [9.17, 15) is 17.6 Å². The molecule has 0 bridgehead atoms. The first-order valence-electron chi connectivity index (χ1n) is 6.89. The Morgan fingerprint density at radius 1 is 1.04 bits per heavy atom. The fourth-order valence-corrected chi connectivity index (χ4v) is 2.98. The van der Waals surface area contributed by atoms with Gasteiger partial charge in [0.15, 0.2) is 0 Å². The van der Waals surface area contributed by atoms with Crippen molar-refractivity contribution in [3.63, 3.8) is 0 Å². The molecule has 0 unspecified atom stereocenters. The van der Waals surface area contributed by atoms with Crippen molar-refractivity contribution in [2.45, 2.75) is 4.90 Å². The van der Waals surface area contributed by atoms with Crippen LogP contribution < -0.4 is 9.47 Å². The molecular weight excluding hydrogens is 337 g/mol. The Bertz CT molecular complexity index is 803. The number of hydrogen-bond acceptors (Lipinski definition) is 5. The highest BCUT2D eigenvalue weighted by Gasteiger charge is 2.23. The molecule has 0 amide bonds. The fraction of sp³-hybridized carbons (Fsp3) is 0.188. The Labute approximate surface area is 139 Å². The minimum Gasteiger partial charge on any atom is -0.497 e. The van der Waals surface area contributed by atoms with Gasteiger partial charge in [-0.1, -0.05) is 0 Å². The Morgan fingerprint density at radius 3 is 2.12 bits per heavy atom. The molecule has 2 aromatic carbocycles. The summed E-state index contributed by atoms with van der Waals surface area (Å²) < 4.78 is 48.4. The van der Waals surface area contributed by atoms with Crippen LogP contribution >= 0.6 is 0 Å². The lowest BCUT2D eigenvalue weighted by Gasteiger charge is -2.16. The maximum atomic E-state index is 12.9. The molecule has 128 valence electrons. The molecule has 0 spiro atoms. The van der Waals surface area contributed by atoms with Crippen molar-refractivity contribution in [3.05, 3.63) is 54.3 Å². The predicted molar refractivity (Wildman–Crippen MR) is 84.8 cm³/mol. The van der Waals surface area contributed by atoms with Crippen molar-refractivity contribution in [2.75, 3.05) is 20.7 Å². The van der Waals surface area contributed by atoms with Crippen LogP contribution in [0, 0.1) is 5.82 Å². The highest BCUT2D eigenvalue weighted by atomic mass is 32.2. The number of likely N-dealkylation sites (N-methyl/N-ethyl adjacent to an activating group) is 1. The number of benzene rings is 2. The number of carbonyl (C=O) groups is 1. The molecule has 24 heavy (non-hydrogen) atoms. The van der Waals surface area contributed by atoms with Crippen molar-refractivity contribution in [2.24, 2.45) is 0 Å². The average molecular weight is 353 g/mol. The summed E-state index contributed by atoms with van der Waals surface area (Å²) in [4.78, 5) is 11.8. The van der Waals surface area contributed by atoms with E-state index < -0.39 is 28.4 Å². The van der Waals surface area contributed by atoms with Gasteiger partial charge in [-0.15, -0.1) is 0 Å². The first kappa shape index (κ1) is 17.9. The van der Waals surface area contributed by atoms with Crippen LogP contribution in [-0.2, 0) is 14.8 Å². The summed E-state index contributed by atoms with van der Waals surface area (Å²) in [7, 11) is -1.15. The lowest BCUT2D eigenvalue weighted by atomic mass is 10.3. The molecule has 0 aliphatic rings. The Morgan fingerprint density at radius 2 is 1.58 bits per heavy atom. The Balaban J connectivity index is 2.03. The average Bonchev–Trinajstić information content (AvgIpc) is 2.55. The predicted octanol–water partition coefficient (Wildman–Crippen LogP) is 2.06. The van der Waals surface area contributed by atoms with Crippen LogP contribution in [0.5, 0.6) is 11.5 Å². The zero-order valence-electron chi connectivity index (χ0n) is 13.1. The van der Waals surface area contributed by atoms with Gasteiger partial charge in [-0.2, -0.15) is 4.31 Å². The maximum Gasteiger partial charge on any atom is 0.326 e. The molecule has 0 fully saturated rings. The lowest BCUT2D eigenvalue weighted by molar-refractivity contribution is -0.134. The number of rotatable bonds is 6. The second kappa shape index (κ2) is 7.41. The number of esters is 1. The standard InChI is InChI=1S/C16H16FNO5S/c1-18(24(20,21)15-9-3-12(17)4-10-15)11-16(19)23-14-7-5-13(22-2)6-8-14/h3-10H,11H2,1-2H3. The van der Waals surface area contributed by atoms with Crippen molar-refractivity contribution in [1.82, 2.24) is 4.31 Å². The summed E-state index contributed by atoms with van der Waals surface area (Å²) in [6.07, 6.45) is 0. The molecule has 0 aliphatic carbocycles. The van der Waals surface area contributed by atoms with Crippen LogP contribution in [0.2, 0.25) is 0 Å². The van der Waals surface area contributed by atoms with Crippen molar-refractivity contribution >= 4 is 16.0 Å². The van der Waals surface area contributed by atoms with Gasteiger partial charge in [0.1, 0.15) is 23.9 Å². The van der Waals surface area contributed by atoms with Gasteiger partial charge in [0.05, 0.1) is 12.0 Å². The molecular formula is C16H16FNO5S. The van der Waals surface area contributed by atoms with Crippen molar-refractivity contribution < 1.29 is 27.1 Å². The molecule has 0 atom stereocenters. The number of sulfonamides is 1. The van der Waals surface area contributed by atoms with Crippen LogP contribution in [0.1, 0.15) is 0 Å². The number of carbonyl (C=O) groups excluding carboxylic acids is 1. The van der Waals surface area contributed by atoms with Crippen molar-refractivity contribution in [1.29, 1.82) is 0 Å². The van der Waals surface area contributed by atoms with Crippen LogP contribution in [0.25, 0.3) is 0 Å². The van der Waals surface area contributed by atoms with Gasteiger partial charge >= 0.3 is 5.97 Å². The monoisotopic (exact) mass is 353 g/mol. The minimum atomic E-state index is -3.91. The van der Waals surface area contributed by atoms with E-state index in [2.05, 4.69) is 0 Å². The largest absolute Gasteiger partial charge is 0.497 e. The smallest absolute Gasteiger partial charge is 0.326 e. The summed E-state index contributed by atoms with van der Waals surface area (Å²) in [5.74, 6) is -0.414. The molecule has 0 aliphatic heterocycles. The van der Waals surface area contributed by atoms with Gasteiger partial charge in [-0.25, -0.2) is 12.8 Å². The second-order valence-electron chi connectivity index (χ2n) is 4.86. The van der Waals surface area contributed by atoms with E-state index in [1.165, 1.54) is 26.3 Å². The normalized spacial score (nSPS) is 11.3. The number of halogens is 1. The van der Waals surface area contributed by atoms with Gasteiger partial charge in [-0.05, 0) is 48.5 Å². The summed E-state index contributed by atoms with van der Waals surface area (Å²) in [6.45, 7) is -0.480. The summed E-state index contributed by atoms with van der Waals surface area (Å²) in [5.41, 5.74) is 0. The van der Waals surface area contributed by atoms with E-state index in [-0.39, 0.29) is 10.6 Å². The molecule has 0 saturated heterocycles. The van der Waals surface area contributed by atoms with Crippen LogP contribution in [0.15, 0.2) is 53.4 Å². The Hall–Kier alpha value is -2.45. The SMILES string of the molecule is COc1ccc(OC(=O)CN(C)S(=O)(=O)c2ccc(F)cc2)cc1. The third-order valence-electron chi connectivity index (χ3n) is 3.16. The lowest BCUT2D eigenvalue weighted by Crippen LogP contribution is -2.34. The number of hydrogen-bond donors (Lipinski definition) is 0. The topological polar surface area (TPSA) is 72.9 Å². The highest BCUT2D eigenvalue weighted by Crippen LogP contribution is 2.18. The van der Waals surface area contributed by atoms with Crippen LogP contribution in [0.3, 0.4) is 0 Å². The summed E-state index contributed by atoms with van der Waals surface area (Å²) in [5, 5.41) is 0. The summed E-state index contributed by atoms with van der Waals surface area (Å²) in [6, 6.07) is 10.6. The second-order valence-corrected chi connectivity index (χ2v) is 6.91. The van der Waals surface area contributed by atoms with E-state index in [4.69, 9.17) is 9.47 Å². The summed E-state index contributed by atoms with van der Waals surface area (Å²) >= 11 is 0. The quantitative estimate of drug-likeness (QED) is 0.587. The Kier molecular flexibility index (Phi) is 5.53. The third-order valence-corrected chi connectivity index (χ3v) is 4.98. The maximum absolute atomic E-state index is 12.9.